The van der Waals surface area contributed by atoms with Crippen LogP contribution in [0.1, 0.15) is 33.3 Å². The van der Waals surface area contributed by atoms with Crippen molar-refractivity contribution in [3.05, 3.63) is 35.9 Å². The van der Waals surface area contributed by atoms with Gasteiger partial charge in [0.05, 0.1) is 6.04 Å². The average Bonchev–Trinajstić information content (AvgIpc) is 2.42. The van der Waals surface area contributed by atoms with E-state index < -0.39 is 17.7 Å². The van der Waals surface area contributed by atoms with E-state index in [-0.39, 0.29) is 19.2 Å². The van der Waals surface area contributed by atoms with E-state index in [0.29, 0.717) is 0 Å². The maximum Gasteiger partial charge on any atom is 0.410 e. The first kappa shape index (κ1) is 17.8. The van der Waals surface area contributed by atoms with Gasteiger partial charge in [-0.1, -0.05) is 30.3 Å². The fourth-order valence-corrected chi connectivity index (χ4v) is 2.23. The van der Waals surface area contributed by atoms with Gasteiger partial charge in [0.1, 0.15) is 6.61 Å². The molecule has 1 rings (SSSR count). The number of carbonyl (C=O) groups excluding carboxylic acids is 1. The third-order valence-electron chi connectivity index (χ3n) is 3.11. The quantitative estimate of drug-likeness (QED) is 0.876. The molecular weight excluding hydrogens is 284 g/mol. The predicted molar refractivity (Wildman–Crippen MR) is 83.7 cm³/mol. The molecule has 0 heterocycles. The van der Waals surface area contributed by atoms with Gasteiger partial charge in [0.25, 0.3) is 0 Å². The first-order valence-electron chi connectivity index (χ1n) is 7.18. The molecule has 0 aromatic heterocycles. The van der Waals surface area contributed by atoms with Crippen molar-refractivity contribution in [1.82, 2.24) is 10.2 Å². The number of rotatable bonds is 5. The van der Waals surface area contributed by atoms with E-state index in [0.717, 1.165) is 5.56 Å². The Hall–Kier alpha value is -2.24. The Kier molecular flexibility index (Phi) is 6.22. The fourth-order valence-electron chi connectivity index (χ4n) is 2.23. The van der Waals surface area contributed by atoms with Gasteiger partial charge in [-0.3, -0.25) is 4.90 Å². The van der Waals surface area contributed by atoms with Crippen molar-refractivity contribution in [2.24, 2.45) is 0 Å². The summed E-state index contributed by atoms with van der Waals surface area (Å²) in [4.78, 5) is 24.5. The smallest absolute Gasteiger partial charge is 0.410 e. The van der Waals surface area contributed by atoms with Gasteiger partial charge < -0.3 is 15.2 Å². The van der Waals surface area contributed by atoms with Gasteiger partial charge in [-0.05, 0) is 33.3 Å². The van der Waals surface area contributed by atoms with Crippen LogP contribution in [0.4, 0.5) is 9.59 Å². The second kappa shape index (κ2) is 7.68. The largest absolute Gasteiger partial charge is 0.465 e. The highest BCUT2D eigenvalue weighted by Crippen LogP contribution is 2.19. The van der Waals surface area contributed by atoms with E-state index in [1.54, 1.807) is 11.8 Å². The number of amides is 2. The highest BCUT2D eigenvalue weighted by molar-refractivity contribution is 5.69. The molecule has 122 valence electrons. The van der Waals surface area contributed by atoms with Crippen molar-refractivity contribution < 1.29 is 19.4 Å². The molecule has 0 radical (unpaired) electrons. The zero-order valence-corrected chi connectivity index (χ0v) is 13.5. The lowest BCUT2D eigenvalue weighted by Crippen LogP contribution is -2.54. The first-order valence-corrected chi connectivity index (χ1v) is 7.18. The topological polar surface area (TPSA) is 78.9 Å². The van der Waals surface area contributed by atoms with Gasteiger partial charge in [-0.15, -0.1) is 0 Å². The second-order valence-electron chi connectivity index (χ2n) is 6.12. The Morgan fingerprint density at radius 3 is 2.36 bits per heavy atom. The van der Waals surface area contributed by atoms with E-state index in [4.69, 9.17) is 9.84 Å². The molecule has 2 N–H and O–H groups in total. The molecule has 0 aliphatic rings. The zero-order valence-electron chi connectivity index (χ0n) is 13.5. The molecule has 1 atom stereocenters. The van der Waals surface area contributed by atoms with E-state index in [2.05, 4.69) is 5.32 Å². The van der Waals surface area contributed by atoms with Gasteiger partial charge in [0.15, 0.2) is 0 Å². The van der Waals surface area contributed by atoms with Crippen molar-refractivity contribution in [3.63, 3.8) is 0 Å². The van der Waals surface area contributed by atoms with E-state index in [1.807, 2.05) is 51.1 Å². The summed E-state index contributed by atoms with van der Waals surface area (Å²) in [6.07, 6.45) is -1.57. The van der Waals surface area contributed by atoms with Crippen molar-refractivity contribution in [2.45, 2.75) is 45.9 Å². The number of ether oxygens (including phenoxy) is 1. The molecule has 22 heavy (non-hydrogen) atoms. The Labute approximate surface area is 131 Å². The first-order chi connectivity index (χ1) is 10.2. The molecule has 0 aliphatic carbocycles. The van der Waals surface area contributed by atoms with E-state index in [1.165, 1.54) is 0 Å². The third kappa shape index (κ3) is 5.63. The maximum absolute atomic E-state index is 12.4. The molecule has 0 saturated heterocycles. The minimum absolute atomic E-state index is 0.146. The number of carboxylic acid groups (broad SMARTS) is 1. The van der Waals surface area contributed by atoms with Crippen molar-refractivity contribution in [3.8, 4) is 0 Å². The lowest BCUT2D eigenvalue weighted by Gasteiger charge is -2.39. The minimum atomic E-state index is -1.11. The summed E-state index contributed by atoms with van der Waals surface area (Å²) >= 11 is 0. The van der Waals surface area contributed by atoms with Gasteiger partial charge in [-0.2, -0.15) is 0 Å². The Balaban J connectivity index is 2.70. The molecule has 0 fully saturated rings. The van der Waals surface area contributed by atoms with Crippen LogP contribution in [0.3, 0.4) is 0 Å². The number of nitrogens with one attached hydrogen (secondary N) is 1. The summed E-state index contributed by atoms with van der Waals surface area (Å²) < 4.78 is 5.36. The van der Waals surface area contributed by atoms with Crippen LogP contribution in [-0.2, 0) is 11.3 Å². The summed E-state index contributed by atoms with van der Waals surface area (Å²) in [5.41, 5.74) is 0.425. The molecule has 0 aliphatic heterocycles. The third-order valence-corrected chi connectivity index (χ3v) is 3.11. The predicted octanol–water partition coefficient (Wildman–Crippen LogP) is 3.08. The van der Waals surface area contributed by atoms with Crippen LogP contribution in [-0.4, -0.2) is 40.3 Å². The summed E-state index contributed by atoms with van der Waals surface area (Å²) in [7, 11) is 0. The Morgan fingerprint density at radius 1 is 1.27 bits per heavy atom. The molecule has 6 nitrogen and oxygen atoms in total. The molecular formula is C16H24N2O4. The molecule has 1 aromatic carbocycles. The lowest BCUT2D eigenvalue weighted by atomic mass is 10.0. The molecule has 1 unspecified atom stereocenters. The normalized spacial score (nSPS) is 12.4. The number of benzene rings is 1. The number of nitrogens with zero attached hydrogens (tertiary/aromatic N) is 1. The van der Waals surface area contributed by atoms with E-state index in [9.17, 15) is 9.59 Å². The van der Waals surface area contributed by atoms with E-state index >= 15 is 0 Å². The summed E-state index contributed by atoms with van der Waals surface area (Å²) in [5, 5.41) is 11.0. The van der Waals surface area contributed by atoms with Crippen molar-refractivity contribution in [2.75, 3.05) is 6.54 Å². The van der Waals surface area contributed by atoms with Crippen LogP contribution in [0.15, 0.2) is 30.3 Å². The molecule has 0 saturated carbocycles. The van der Waals surface area contributed by atoms with Gasteiger partial charge in [0, 0.05) is 12.1 Å². The highest BCUT2D eigenvalue weighted by Gasteiger charge is 2.32. The van der Waals surface area contributed by atoms with Crippen LogP contribution in [0.5, 0.6) is 0 Å². The van der Waals surface area contributed by atoms with Crippen LogP contribution < -0.4 is 5.32 Å². The summed E-state index contributed by atoms with van der Waals surface area (Å²) in [6.45, 7) is 7.76. The van der Waals surface area contributed by atoms with Gasteiger partial charge in [0.2, 0.25) is 0 Å². The van der Waals surface area contributed by atoms with Crippen LogP contribution in [0.2, 0.25) is 0 Å². The summed E-state index contributed by atoms with van der Waals surface area (Å²) in [6, 6.07) is 9.09. The Bertz CT molecular complexity index is 497. The number of carbonyl (C=O) groups is 2. The van der Waals surface area contributed by atoms with Crippen LogP contribution in [0.25, 0.3) is 0 Å². The minimum Gasteiger partial charge on any atom is -0.465 e. The number of hydrogen-bond donors (Lipinski definition) is 2. The molecule has 2 amide bonds. The molecule has 6 heteroatoms. The monoisotopic (exact) mass is 308 g/mol. The maximum atomic E-state index is 12.4. The zero-order chi connectivity index (χ0) is 16.8. The highest BCUT2D eigenvalue weighted by atomic mass is 16.6. The Morgan fingerprint density at radius 2 is 1.86 bits per heavy atom. The average molecular weight is 308 g/mol. The molecule has 1 aromatic rings. The number of hydrogen-bond acceptors (Lipinski definition) is 3. The van der Waals surface area contributed by atoms with Gasteiger partial charge >= 0.3 is 12.2 Å². The lowest BCUT2D eigenvalue weighted by molar-refractivity contribution is 0.0435. The van der Waals surface area contributed by atoms with Crippen molar-refractivity contribution in [1.29, 1.82) is 0 Å². The van der Waals surface area contributed by atoms with Gasteiger partial charge in [-0.25, -0.2) is 9.59 Å². The SMILES string of the molecule is CC(CNC(=O)O)N(C(=O)OCc1ccccc1)C(C)(C)C. The van der Waals surface area contributed by atoms with Crippen molar-refractivity contribution >= 4 is 12.2 Å². The fraction of sp³-hybridized carbons (Fsp3) is 0.500. The molecule has 0 spiro atoms. The van der Waals surface area contributed by atoms with Crippen LogP contribution >= 0.6 is 0 Å². The summed E-state index contributed by atoms with van der Waals surface area (Å²) in [5.74, 6) is 0. The van der Waals surface area contributed by atoms with Crippen LogP contribution in [0, 0.1) is 0 Å². The molecule has 0 bridgehead atoms. The standard InChI is InChI=1S/C16H24N2O4/c1-12(10-17-14(19)20)18(16(2,3)4)15(21)22-11-13-8-6-5-7-9-13/h5-9,12,17H,10-11H2,1-4H3,(H,19,20). The second-order valence-corrected chi connectivity index (χ2v) is 6.12.